The van der Waals surface area contributed by atoms with Crippen LogP contribution in [0.2, 0.25) is 0 Å². The fourth-order valence-electron chi connectivity index (χ4n) is 2.49. The Kier molecular flexibility index (Phi) is 5.18. The second kappa shape index (κ2) is 7.34. The summed E-state index contributed by atoms with van der Waals surface area (Å²) in [5, 5.41) is 4.64. The third kappa shape index (κ3) is 3.61. The Bertz CT molecular complexity index is 743. The Hall–Kier alpha value is -1.89. The van der Waals surface area contributed by atoms with E-state index in [9.17, 15) is 4.21 Å². The number of hydrogen-bond donors (Lipinski definition) is 0. The molecule has 0 radical (unpaired) electrons. The summed E-state index contributed by atoms with van der Waals surface area (Å²) in [6.45, 7) is 7.19. The molecule has 3 rings (SSSR count). The van der Waals surface area contributed by atoms with Crippen LogP contribution in [0.25, 0.3) is 5.69 Å². The zero-order chi connectivity index (χ0) is 17.1. The Morgan fingerprint density at radius 1 is 1.25 bits per heavy atom. The van der Waals surface area contributed by atoms with Gasteiger partial charge in [0.25, 0.3) is 0 Å². The zero-order valence-electron chi connectivity index (χ0n) is 14.3. The lowest BCUT2D eigenvalue weighted by atomic mass is 10.2. The molecule has 24 heavy (non-hydrogen) atoms. The number of ether oxygens (including phenoxy) is 2. The molecule has 0 aliphatic carbocycles. The van der Waals surface area contributed by atoms with E-state index in [1.165, 1.54) is 0 Å². The average Bonchev–Trinajstić information content (AvgIpc) is 3.03. The minimum atomic E-state index is -0.821. The predicted octanol–water partition coefficient (Wildman–Crippen LogP) is 2.47. The lowest BCUT2D eigenvalue weighted by molar-refractivity contribution is 0.171. The van der Waals surface area contributed by atoms with Crippen molar-refractivity contribution in [1.82, 2.24) is 14.8 Å². The summed E-state index contributed by atoms with van der Waals surface area (Å²) < 4.78 is 24.8. The van der Waals surface area contributed by atoms with Crippen molar-refractivity contribution in [3.8, 4) is 17.2 Å². The normalized spacial score (nSPS) is 14.8. The van der Waals surface area contributed by atoms with Crippen LogP contribution in [0.1, 0.15) is 38.3 Å². The second-order valence-electron chi connectivity index (χ2n) is 5.96. The summed E-state index contributed by atoms with van der Waals surface area (Å²) in [7, 11) is -0.821. The Morgan fingerprint density at radius 2 is 2.00 bits per heavy atom. The van der Waals surface area contributed by atoms with Crippen LogP contribution in [0, 0.1) is 0 Å². The highest BCUT2D eigenvalue weighted by molar-refractivity contribution is 7.84. The van der Waals surface area contributed by atoms with Gasteiger partial charge in [-0.1, -0.05) is 20.8 Å². The Morgan fingerprint density at radius 3 is 2.71 bits per heavy atom. The van der Waals surface area contributed by atoms with Gasteiger partial charge in [0.15, 0.2) is 17.3 Å². The van der Waals surface area contributed by atoms with Crippen LogP contribution in [-0.4, -0.2) is 43.7 Å². The smallest absolute Gasteiger partial charge is 0.163 e. The van der Waals surface area contributed by atoms with Gasteiger partial charge < -0.3 is 9.47 Å². The maximum absolute atomic E-state index is 11.8. The second-order valence-corrected chi connectivity index (χ2v) is 7.83. The quantitative estimate of drug-likeness (QED) is 0.801. The highest BCUT2D eigenvalue weighted by Gasteiger charge is 2.18. The van der Waals surface area contributed by atoms with Crippen LogP contribution in [0.15, 0.2) is 18.2 Å². The van der Waals surface area contributed by atoms with Gasteiger partial charge in [-0.15, -0.1) is 0 Å². The first-order valence-electron chi connectivity index (χ1n) is 8.29. The average molecular weight is 349 g/mol. The highest BCUT2D eigenvalue weighted by Crippen LogP contribution is 2.32. The van der Waals surface area contributed by atoms with Gasteiger partial charge in [-0.2, -0.15) is 5.10 Å². The molecule has 1 aliphatic rings. The summed E-state index contributed by atoms with van der Waals surface area (Å²) in [5.41, 5.74) is 0.885. The van der Waals surface area contributed by atoms with Crippen LogP contribution >= 0.6 is 0 Å². The minimum Gasteiger partial charge on any atom is -0.486 e. The zero-order valence-corrected chi connectivity index (χ0v) is 15.1. The molecular weight excluding hydrogens is 326 g/mol. The van der Waals surface area contributed by atoms with E-state index in [2.05, 4.69) is 23.9 Å². The van der Waals surface area contributed by atoms with Crippen LogP contribution in [0.3, 0.4) is 0 Å². The molecule has 1 aromatic heterocycles. The third-order valence-electron chi connectivity index (χ3n) is 3.85. The molecule has 0 saturated heterocycles. The molecule has 0 fully saturated rings. The van der Waals surface area contributed by atoms with Crippen molar-refractivity contribution in [1.29, 1.82) is 0 Å². The molecule has 0 N–H and O–H groups in total. The van der Waals surface area contributed by atoms with Crippen molar-refractivity contribution in [3.05, 3.63) is 29.8 Å². The molecule has 1 aliphatic heterocycles. The first-order valence-corrected chi connectivity index (χ1v) is 9.78. The maximum atomic E-state index is 11.8. The van der Waals surface area contributed by atoms with Gasteiger partial charge in [0, 0.05) is 40.7 Å². The molecule has 0 saturated carbocycles. The summed E-state index contributed by atoms with van der Waals surface area (Å²) in [6.07, 6.45) is 0.634. The number of hydrogen-bond acceptors (Lipinski definition) is 5. The molecular formula is C17H23N3O3S. The fraction of sp³-hybridized carbons (Fsp3) is 0.529. The molecule has 1 aromatic carbocycles. The van der Waals surface area contributed by atoms with Gasteiger partial charge >= 0.3 is 0 Å². The van der Waals surface area contributed by atoms with Crippen molar-refractivity contribution in [2.75, 3.05) is 24.7 Å². The van der Waals surface area contributed by atoms with Crippen LogP contribution in [0.4, 0.5) is 0 Å². The van der Waals surface area contributed by atoms with E-state index in [1.807, 2.05) is 29.8 Å². The predicted molar refractivity (Wildman–Crippen MR) is 93.7 cm³/mol. The molecule has 2 aromatic rings. The molecule has 0 unspecified atom stereocenters. The van der Waals surface area contributed by atoms with E-state index in [-0.39, 0.29) is 5.92 Å². The highest BCUT2D eigenvalue weighted by atomic mass is 32.2. The van der Waals surface area contributed by atoms with Crippen molar-refractivity contribution in [2.24, 2.45) is 0 Å². The number of aromatic nitrogens is 3. The molecule has 0 amide bonds. The number of nitrogens with zero attached hydrogens (tertiary/aromatic N) is 3. The van der Waals surface area contributed by atoms with E-state index in [1.54, 1.807) is 0 Å². The lowest BCUT2D eigenvalue weighted by Crippen LogP contribution is -2.16. The van der Waals surface area contributed by atoms with E-state index >= 15 is 0 Å². The first-order chi connectivity index (χ1) is 11.6. The largest absolute Gasteiger partial charge is 0.486 e. The molecule has 130 valence electrons. The van der Waals surface area contributed by atoms with Gasteiger partial charge in [-0.05, 0) is 12.1 Å². The third-order valence-corrected chi connectivity index (χ3v) is 5.16. The van der Waals surface area contributed by atoms with Crippen LogP contribution in [0.5, 0.6) is 11.5 Å². The number of benzene rings is 1. The molecule has 7 heteroatoms. The summed E-state index contributed by atoms with van der Waals surface area (Å²) >= 11 is 0. The Labute approximate surface area is 144 Å². The fourth-order valence-corrected chi connectivity index (χ4v) is 3.19. The molecule has 0 bridgehead atoms. The van der Waals surface area contributed by atoms with E-state index in [0.29, 0.717) is 31.1 Å². The summed E-state index contributed by atoms with van der Waals surface area (Å²) in [6, 6.07) is 5.77. The van der Waals surface area contributed by atoms with Gasteiger partial charge in [-0.25, -0.2) is 9.67 Å². The van der Waals surface area contributed by atoms with Crippen LogP contribution < -0.4 is 9.47 Å². The molecule has 2 heterocycles. The standard InChI is InChI=1S/C17H23N3O3S/c1-4-24(21)10-7-16-18-17(12(2)3)19-20(16)13-5-6-14-15(11-13)23-9-8-22-14/h5-6,11-12H,4,7-10H2,1-3H3/t24-/m1/s1. The number of aryl methyl sites for hydroxylation is 1. The van der Waals surface area contributed by atoms with Crippen LogP contribution in [-0.2, 0) is 17.2 Å². The van der Waals surface area contributed by atoms with Crippen molar-refractivity contribution in [3.63, 3.8) is 0 Å². The van der Waals surface area contributed by atoms with Gasteiger partial charge in [0.2, 0.25) is 0 Å². The molecule has 6 nitrogen and oxygen atoms in total. The van der Waals surface area contributed by atoms with E-state index < -0.39 is 10.8 Å². The monoisotopic (exact) mass is 349 g/mol. The number of rotatable bonds is 6. The maximum Gasteiger partial charge on any atom is 0.163 e. The van der Waals surface area contributed by atoms with E-state index in [0.717, 1.165) is 28.8 Å². The van der Waals surface area contributed by atoms with Gasteiger partial charge in [0.05, 0.1) is 5.69 Å². The van der Waals surface area contributed by atoms with Crippen molar-refractivity contribution < 1.29 is 13.7 Å². The SMILES string of the molecule is CC[S@@](=O)CCc1nc(C(C)C)nn1-c1ccc2c(c1)OCCO2. The minimum absolute atomic E-state index is 0.235. The Balaban J connectivity index is 1.94. The summed E-state index contributed by atoms with van der Waals surface area (Å²) in [5.74, 6) is 4.59. The van der Waals surface area contributed by atoms with Crippen molar-refractivity contribution in [2.45, 2.75) is 33.1 Å². The van der Waals surface area contributed by atoms with E-state index in [4.69, 9.17) is 9.47 Å². The summed E-state index contributed by atoms with van der Waals surface area (Å²) in [4.78, 5) is 4.65. The topological polar surface area (TPSA) is 66.2 Å². The lowest BCUT2D eigenvalue weighted by Gasteiger charge is -2.19. The first kappa shape index (κ1) is 17.0. The number of fused-ring (bicyclic) bond motifs is 1. The van der Waals surface area contributed by atoms with Gasteiger partial charge in [0.1, 0.15) is 19.0 Å². The van der Waals surface area contributed by atoms with Gasteiger partial charge in [-0.3, -0.25) is 4.21 Å². The van der Waals surface area contributed by atoms with Crippen molar-refractivity contribution >= 4 is 10.8 Å². The molecule has 1 atom stereocenters. The molecule has 0 spiro atoms.